The fraction of sp³-hybridized carbons (Fsp3) is 0.286. The Balaban J connectivity index is 1.38. The summed E-state index contributed by atoms with van der Waals surface area (Å²) >= 11 is 1.76. The van der Waals surface area contributed by atoms with E-state index in [2.05, 4.69) is 35.1 Å². The lowest BCUT2D eigenvalue weighted by Crippen LogP contribution is -2.71. The van der Waals surface area contributed by atoms with Crippen LogP contribution in [0.3, 0.4) is 0 Å². The molecule has 3 aromatic rings. The van der Waals surface area contributed by atoms with Gasteiger partial charge in [0.2, 0.25) is 24.6 Å². The SMILES string of the molecule is Nc1ccc2n(n1)c(NC=O)c[n+]2CC1=C(C(=O)[O-])N2C(=O)[C@@H](NC(=O)/C(=N\OCC(F)(F)F)c3nsc(N)n3)[C@H]2SC1. The quantitative estimate of drug-likeness (QED) is 0.0595. The highest BCUT2D eigenvalue weighted by atomic mass is 32.2. The molecule has 2 aliphatic rings. The van der Waals surface area contributed by atoms with Crippen LogP contribution in [-0.4, -0.2) is 83.7 Å². The number of anilines is 3. The van der Waals surface area contributed by atoms with Crippen LogP contribution in [0.4, 0.5) is 29.9 Å². The minimum atomic E-state index is -4.75. The van der Waals surface area contributed by atoms with Gasteiger partial charge in [-0.25, -0.2) is 4.57 Å². The number of carbonyl (C=O) groups is 4. The molecule has 5 rings (SSSR count). The number of carboxylic acids is 1. The average molecular weight is 642 g/mol. The summed E-state index contributed by atoms with van der Waals surface area (Å²) in [5.74, 6) is -3.59. The minimum absolute atomic E-state index is 0.0518. The van der Waals surface area contributed by atoms with E-state index in [1.807, 2.05) is 0 Å². The van der Waals surface area contributed by atoms with Gasteiger partial charge in [-0.1, -0.05) is 14.8 Å². The predicted molar refractivity (Wildman–Crippen MR) is 139 cm³/mol. The van der Waals surface area contributed by atoms with Crippen molar-refractivity contribution in [2.24, 2.45) is 5.16 Å². The Morgan fingerprint density at radius 2 is 2.09 bits per heavy atom. The molecule has 3 aromatic heterocycles. The monoisotopic (exact) mass is 641 g/mol. The van der Waals surface area contributed by atoms with E-state index in [0.717, 1.165) is 16.7 Å². The van der Waals surface area contributed by atoms with Gasteiger partial charge in [0, 0.05) is 28.9 Å². The number of nitrogens with one attached hydrogen (secondary N) is 2. The van der Waals surface area contributed by atoms with Gasteiger partial charge >= 0.3 is 11.8 Å². The number of β-lactam (4-membered cyclic amide) rings is 1. The van der Waals surface area contributed by atoms with Crippen molar-refractivity contribution in [2.45, 2.75) is 24.1 Å². The van der Waals surface area contributed by atoms with Crippen LogP contribution in [0, 0.1) is 0 Å². The van der Waals surface area contributed by atoms with Crippen molar-refractivity contribution in [3.8, 4) is 0 Å². The Bertz CT molecular complexity index is 1710. The van der Waals surface area contributed by atoms with E-state index in [1.165, 1.54) is 16.8 Å². The standard InChI is InChI=1S/C21H18F3N11O6S2/c22-21(23,24)6-41-31-12(15-29-20(26)43-32-15)16(37)28-13-17(38)34-14(19(39)40)8(5-42-18(13)34)3-33-4-10(27-7-36)35-11(33)2-1-9(25)30-35/h1-2,4,7,13,18H,3,5-6H2,(H6-,25,26,27,28,29,30,32,36,37,39,40)/b31-12-/t13-,18-/m1/s1. The first kappa shape index (κ1) is 29.5. The fourth-order valence-electron chi connectivity index (χ4n) is 4.27. The Labute approximate surface area is 245 Å². The number of alkyl halides is 3. The highest BCUT2D eigenvalue weighted by Gasteiger charge is 2.53. The number of nitrogens with zero attached hydrogens (tertiary/aromatic N) is 7. The summed E-state index contributed by atoms with van der Waals surface area (Å²) in [6.45, 7) is -1.87. The van der Waals surface area contributed by atoms with Crippen molar-refractivity contribution in [2.75, 3.05) is 29.1 Å². The first-order valence-electron chi connectivity index (χ1n) is 11.8. The van der Waals surface area contributed by atoms with E-state index >= 15 is 0 Å². The fourth-order valence-corrected chi connectivity index (χ4v) is 6.04. The Morgan fingerprint density at radius 1 is 1.33 bits per heavy atom. The first-order chi connectivity index (χ1) is 20.4. The predicted octanol–water partition coefficient (Wildman–Crippen LogP) is -2.41. The third kappa shape index (κ3) is 5.86. The second kappa shape index (κ2) is 11.4. The number of aromatic nitrogens is 5. The molecule has 0 unspecified atom stereocenters. The van der Waals surface area contributed by atoms with E-state index in [4.69, 9.17) is 11.5 Å². The number of rotatable bonds is 10. The number of aliphatic carboxylic acids is 1. The number of fused-ring (bicyclic) bond motifs is 2. The molecule has 17 nitrogen and oxygen atoms in total. The number of nitrogens with two attached hydrogens (primary N) is 2. The second-order valence-corrected chi connectivity index (χ2v) is 10.7. The lowest BCUT2D eigenvalue weighted by molar-refractivity contribution is -0.662. The molecule has 0 aromatic carbocycles. The van der Waals surface area contributed by atoms with Crippen LogP contribution in [0.2, 0.25) is 0 Å². The van der Waals surface area contributed by atoms with E-state index in [9.17, 15) is 37.5 Å². The maximum Gasteiger partial charge on any atom is 0.425 e. The number of carboxylic acid groups (broad SMARTS) is 1. The zero-order chi connectivity index (χ0) is 31.1. The number of thioether (sulfide) groups is 1. The minimum Gasteiger partial charge on any atom is -0.543 e. The average Bonchev–Trinajstić information content (AvgIpc) is 3.51. The number of halogens is 3. The number of amides is 3. The van der Waals surface area contributed by atoms with Crippen LogP contribution in [0.15, 0.2) is 34.8 Å². The van der Waals surface area contributed by atoms with Gasteiger partial charge < -0.3 is 31.5 Å². The molecule has 2 atom stereocenters. The molecular formula is C21H18F3N11O6S2. The largest absolute Gasteiger partial charge is 0.543 e. The molecule has 3 amide bonds. The van der Waals surface area contributed by atoms with E-state index in [1.54, 1.807) is 10.6 Å². The van der Waals surface area contributed by atoms with Gasteiger partial charge in [0.05, 0.1) is 11.7 Å². The van der Waals surface area contributed by atoms with Crippen LogP contribution in [-0.2, 0) is 30.6 Å². The van der Waals surface area contributed by atoms with Gasteiger partial charge in [-0.05, 0) is 6.07 Å². The summed E-state index contributed by atoms with van der Waals surface area (Å²) in [7, 11) is 0. The van der Waals surface area contributed by atoms with Gasteiger partial charge in [0.15, 0.2) is 17.1 Å². The molecule has 0 spiro atoms. The molecule has 1 saturated heterocycles. The summed E-state index contributed by atoms with van der Waals surface area (Å²) in [6, 6.07) is 1.82. The molecule has 0 bridgehead atoms. The third-order valence-electron chi connectivity index (χ3n) is 5.98. The number of nitrogen functional groups attached to an aromatic ring is 2. The van der Waals surface area contributed by atoms with Crippen molar-refractivity contribution >= 4 is 75.6 Å². The maximum absolute atomic E-state index is 13.1. The number of imidazole rings is 1. The molecule has 2 aliphatic heterocycles. The topological polar surface area (TPSA) is 239 Å². The number of hydrogen-bond acceptors (Lipinski definition) is 14. The van der Waals surface area contributed by atoms with Crippen LogP contribution in [0.25, 0.3) is 5.65 Å². The molecule has 0 aliphatic carbocycles. The van der Waals surface area contributed by atoms with Gasteiger partial charge in [-0.3, -0.25) is 24.6 Å². The van der Waals surface area contributed by atoms with Gasteiger partial charge in [0.25, 0.3) is 17.6 Å². The van der Waals surface area contributed by atoms with Gasteiger partial charge in [-0.15, -0.1) is 11.8 Å². The number of carbonyl (C=O) groups excluding carboxylic acids is 4. The van der Waals surface area contributed by atoms with Crippen molar-refractivity contribution in [3.63, 3.8) is 0 Å². The van der Waals surface area contributed by atoms with E-state index in [0.29, 0.717) is 23.6 Å². The summed E-state index contributed by atoms with van der Waals surface area (Å²) < 4.78 is 44.3. The molecule has 226 valence electrons. The van der Waals surface area contributed by atoms with Crippen LogP contribution in [0.5, 0.6) is 0 Å². The summed E-state index contributed by atoms with van der Waals surface area (Å²) in [6.07, 6.45) is -2.83. The Kier molecular flexibility index (Phi) is 7.79. The summed E-state index contributed by atoms with van der Waals surface area (Å²) in [5.41, 5.74) is 10.8. The smallest absolute Gasteiger partial charge is 0.425 e. The molecule has 43 heavy (non-hydrogen) atoms. The van der Waals surface area contributed by atoms with Crippen LogP contribution >= 0.6 is 23.3 Å². The molecule has 22 heteroatoms. The second-order valence-electron chi connectivity index (χ2n) is 8.82. The van der Waals surface area contributed by atoms with Crippen molar-refractivity contribution in [3.05, 3.63) is 35.4 Å². The molecule has 1 fully saturated rings. The molecular weight excluding hydrogens is 623 g/mol. The first-order valence-corrected chi connectivity index (χ1v) is 13.6. The molecule has 5 heterocycles. The lowest BCUT2D eigenvalue weighted by Gasteiger charge is -2.50. The maximum atomic E-state index is 13.1. The Morgan fingerprint density at radius 3 is 2.74 bits per heavy atom. The number of hydrogen-bond donors (Lipinski definition) is 4. The summed E-state index contributed by atoms with van der Waals surface area (Å²) in [4.78, 5) is 58.2. The third-order valence-corrected chi connectivity index (χ3v) is 7.87. The van der Waals surface area contributed by atoms with E-state index in [-0.39, 0.29) is 34.6 Å². The molecule has 0 saturated carbocycles. The zero-order valence-corrected chi connectivity index (χ0v) is 22.9. The normalized spacial score (nSPS) is 18.7. The highest BCUT2D eigenvalue weighted by Crippen LogP contribution is 2.40. The summed E-state index contributed by atoms with van der Waals surface area (Å²) in [5, 5.41) is 23.3. The number of oxime groups is 1. The van der Waals surface area contributed by atoms with Crippen molar-refractivity contribution in [1.82, 2.24) is 29.2 Å². The lowest BCUT2D eigenvalue weighted by atomic mass is 10.0. The van der Waals surface area contributed by atoms with Crippen molar-refractivity contribution in [1.29, 1.82) is 0 Å². The molecule has 6 N–H and O–H groups in total. The van der Waals surface area contributed by atoms with Gasteiger partial charge in [-0.2, -0.15) is 22.5 Å². The zero-order valence-electron chi connectivity index (χ0n) is 21.3. The van der Waals surface area contributed by atoms with Gasteiger partial charge in [0.1, 0.15) is 18.0 Å². The van der Waals surface area contributed by atoms with Crippen molar-refractivity contribution < 1.29 is 46.9 Å². The van der Waals surface area contributed by atoms with Crippen LogP contribution in [0.1, 0.15) is 5.82 Å². The van der Waals surface area contributed by atoms with Crippen LogP contribution < -0.4 is 31.8 Å². The molecule has 0 radical (unpaired) electrons. The highest BCUT2D eigenvalue weighted by molar-refractivity contribution is 8.00. The Hall–Kier alpha value is -4.99. The van der Waals surface area contributed by atoms with E-state index < -0.39 is 59.2 Å².